The summed E-state index contributed by atoms with van der Waals surface area (Å²) in [6.07, 6.45) is 1.52. The highest BCUT2D eigenvalue weighted by molar-refractivity contribution is 7.33. The second-order valence-electron chi connectivity index (χ2n) is 6.52. The van der Waals surface area contributed by atoms with E-state index in [1.807, 2.05) is 0 Å². The van der Waals surface area contributed by atoms with Crippen molar-refractivity contribution in [3.05, 3.63) is 58.7 Å². The standard InChI is InChI=1S/C20H19O7P/c21-17(13-1-3-19-15(9-13)5-7-24-19)11-26-28(23)27-12-18(22)14-2-4-20-16(10-14)6-8-25-20/h1-4,9-10,28H,5-8,11-12H2. The molecule has 0 saturated carbocycles. The fourth-order valence-corrected chi connectivity index (χ4v) is 3.76. The number of carbonyl (C=O) groups excluding carboxylic acids is 2. The Labute approximate surface area is 162 Å². The molecule has 2 aliphatic rings. The average Bonchev–Trinajstić information content (AvgIpc) is 3.37. The van der Waals surface area contributed by atoms with Gasteiger partial charge in [0.15, 0.2) is 11.6 Å². The first-order valence-corrected chi connectivity index (χ1v) is 10.2. The molecule has 4 rings (SSSR count). The minimum absolute atomic E-state index is 0.304. The summed E-state index contributed by atoms with van der Waals surface area (Å²) in [5, 5.41) is 0. The van der Waals surface area contributed by atoms with Crippen LogP contribution >= 0.6 is 8.25 Å². The number of benzene rings is 2. The van der Waals surface area contributed by atoms with Gasteiger partial charge in [0.1, 0.15) is 24.7 Å². The Morgan fingerprint density at radius 1 is 0.821 bits per heavy atom. The van der Waals surface area contributed by atoms with Gasteiger partial charge in [0.05, 0.1) is 13.2 Å². The number of hydrogen-bond acceptors (Lipinski definition) is 7. The lowest BCUT2D eigenvalue weighted by atomic mass is 10.1. The zero-order chi connectivity index (χ0) is 19.5. The molecule has 0 bridgehead atoms. The van der Waals surface area contributed by atoms with E-state index in [1.54, 1.807) is 36.4 Å². The van der Waals surface area contributed by atoms with Crippen LogP contribution in [0.3, 0.4) is 0 Å². The van der Waals surface area contributed by atoms with Gasteiger partial charge in [0.2, 0.25) is 0 Å². The first kappa shape index (κ1) is 18.9. The number of fused-ring (bicyclic) bond motifs is 2. The third kappa shape index (κ3) is 4.17. The van der Waals surface area contributed by atoms with E-state index in [2.05, 4.69) is 0 Å². The molecule has 0 spiro atoms. The van der Waals surface area contributed by atoms with Crippen LogP contribution in [0.1, 0.15) is 31.8 Å². The number of hydrogen-bond donors (Lipinski definition) is 0. The summed E-state index contributed by atoms with van der Waals surface area (Å²) in [6, 6.07) is 10.3. The quantitative estimate of drug-likeness (QED) is 0.495. The van der Waals surface area contributed by atoms with E-state index in [0.29, 0.717) is 24.3 Å². The molecule has 8 heteroatoms. The molecule has 0 N–H and O–H groups in total. The summed E-state index contributed by atoms with van der Waals surface area (Å²) in [6.45, 7) is 0.468. The van der Waals surface area contributed by atoms with Crippen molar-refractivity contribution in [3.63, 3.8) is 0 Å². The van der Waals surface area contributed by atoms with Crippen LogP contribution in [0.5, 0.6) is 11.5 Å². The largest absolute Gasteiger partial charge is 0.493 e. The summed E-state index contributed by atoms with van der Waals surface area (Å²) in [5.41, 5.74) is 2.88. The summed E-state index contributed by atoms with van der Waals surface area (Å²) in [5.74, 6) is 0.959. The Morgan fingerprint density at radius 3 is 1.75 bits per heavy atom. The lowest BCUT2D eigenvalue weighted by molar-refractivity contribution is 0.0877. The van der Waals surface area contributed by atoms with E-state index in [0.717, 1.165) is 35.5 Å². The van der Waals surface area contributed by atoms with Gasteiger partial charge in [0, 0.05) is 24.0 Å². The number of rotatable bonds is 8. The van der Waals surface area contributed by atoms with Crippen molar-refractivity contribution in [2.75, 3.05) is 26.4 Å². The number of Topliss-reactive ketones (excluding diaryl/α,β-unsaturated/α-hetero) is 2. The number of carbonyl (C=O) groups is 2. The number of ketones is 2. The van der Waals surface area contributed by atoms with E-state index in [-0.39, 0.29) is 24.8 Å². The van der Waals surface area contributed by atoms with Crippen LogP contribution in [0, 0.1) is 0 Å². The van der Waals surface area contributed by atoms with Crippen molar-refractivity contribution in [3.8, 4) is 11.5 Å². The Morgan fingerprint density at radius 2 is 1.29 bits per heavy atom. The van der Waals surface area contributed by atoms with Gasteiger partial charge in [-0.1, -0.05) is 0 Å². The lowest BCUT2D eigenvalue weighted by Crippen LogP contribution is -2.09. The highest BCUT2D eigenvalue weighted by Crippen LogP contribution is 2.29. The van der Waals surface area contributed by atoms with Crippen molar-refractivity contribution in [1.82, 2.24) is 0 Å². The maximum Gasteiger partial charge on any atom is 0.320 e. The molecule has 2 aromatic rings. The molecule has 0 unspecified atom stereocenters. The van der Waals surface area contributed by atoms with Crippen LogP contribution in [0.15, 0.2) is 36.4 Å². The van der Waals surface area contributed by atoms with Crippen LogP contribution in [-0.4, -0.2) is 38.0 Å². The Bertz CT molecular complexity index is 878. The molecule has 146 valence electrons. The molecule has 0 fully saturated rings. The van der Waals surface area contributed by atoms with Gasteiger partial charge in [-0.2, -0.15) is 0 Å². The number of ether oxygens (including phenoxy) is 2. The summed E-state index contributed by atoms with van der Waals surface area (Å²) < 4.78 is 32.7. The van der Waals surface area contributed by atoms with E-state index in [4.69, 9.17) is 18.5 Å². The third-order valence-corrected chi connectivity index (χ3v) is 5.43. The highest BCUT2D eigenvalue weighted by atomic mass is 31.1. The van der Waals surface area contributed by atoms with E-state index in [1.165, 1.54) is 0 Å². The molecule has 0 aliphatic carbocycles. The van der Waals surface area contributed by atoms with E-state index < -0.39 is 8.25 Å². The fourth-order valence-electron chi connectivity index (χ4n) is 3.18. The normalized spacial score (nSPS) is 14.3. The molecule has 0 aromatic heterocycles. The molecule has 2 heterocycles. The van der Waals surface area contributed by atoms with Crippen LogP contribution in [-0.2, 0) is 26.5 Å². The summed E-state index contributed by atoms with van der Waals surface area (Å²) >= 11 is 0. The zero-order valence-corrected chi connectivity index (χ0v) is 16.1. The van der Waals surface area contributed by atoms with E-state index >= 15 is 0 Å². The van der Waals surface area contributed by atoms with Gasteiger partial charge in [-0.15, -0.1) is 0 Å². The minimum Gasteiger partial charge on any atom is -0.493 e. The fraction of sp³-hybridized carbons (Fsp3) is 0.300. The van der Waals surface area contributed by atoms with Gasteiger partial charge in [-0.25, -0.2) is 0 Å². The molecule has 7 nitrogen and oxygen atoms in total. The first-order valence-electron chi connectivity index (χ1n) is 8.97. The maximum atomic E-state index is 12.2. The minimum atomic E-state index is -2.96. The second kappa shape index (κ2) is 8.27. The van der Waals surface area contributed by atoms with E-state index in [9.17, 15) is 14.2 Å². The van der Waals surface area contributed by atoms with Crippen LogP contribution in [0.2, 0.25) is 0 Å². The van der Waals surface area contributed by atoms with Gasteiger partial charge in [-0.05, 0) is 47.5 Å². The predicted molar refractivity (Wildman–Crippen MR) is 101 cm³/mol. The lowest BCUT2D eigenvalue weighted by Gasteiger charge is -2.07. The topological polar surface area (TPSA) is 88.1 Å². The van der Waals surface area contributed by atoms with Gasteiger partial charge >= 0.3 is 8.25 Å². The summed E-state index contributed by atoms with van der Waals surface area (Å²) in [7, 11) is -2.96. The molecule has 2 aromatic carbocycles. The van der Waals surface area contributed by atoms with Crippen LogP contribution < -0.4 is 9.47 Å². The molecule has 0 saturated heterocycles. The predicted octanol–water partition coefficient (Wildman–Crippen LogP) is 3.04. The highest BCUT2D eigenvalue weighted by Gasteiger charge is 2.18. The SMILES string of the molecule is O=C(CO[PH](=O)OCC(=O)c1ccc2c(c1)CCO2)c1ccc2c(c1)CCO2. The zero-order valence-electron chi connectivity index (χ0n) is 15.1. The van der Waals surface area contributed by atoms with Crippen molar-refractivity contribution in [1.29, 1.82) is 0 Å². The second-order valence-corrected chi connectivity index (χ2v) is 7.59. The molecular formula is C20H19O7P. The molecule has 28 heavy (non-hydrogen) atoms. The monoisotopic (exact) mass is 402 g/mol. The Hall–Kier alpha value is -2.47. The van der Waals surface area contributed by atoms with Crippen molar-refractivity contribution in [2.24, 2.45) is 0 Å². The van der Waals surface area contributed by atoms with Crippen molar-refractivity contribution >= 4 is 19.8 Å². The summed E-state index contributed by atoms with van der Waals surface area (Å²) in [4.78, 5) is 24.4. The maximum absolute atomic E-state index is 12.2. The third-order valence-electron chi connectivity index (χ3n) is 4.67. The molecule has 2 aliphatic heterocycles. The molecule has 0 radical (unpaired) electrons. The first-order chi connectivity index (χ1) is 13.6. The Balaban J connectivity index is 1.25. The molecule has 0 atom stereocenters. The van der Waals surface area contributed by atoms with Crippen molar-refractivity contribution in [2.45, 2.75) is 12.8 Å². The average molecular weight is 402 g/mol. The van der Waals surface area contributed by atoms with Gasteiger partial charge < -0.3 is 18.5 Å². The molecular weight excluding hydrogens is 383 g/mol. The van der Waals surface area contributed by atoms with Crippen LogP contribution in [0.25, 0.3) is 0 Å². The van der Waals surface area contributed by atoms with Gasteiger partial charge in [-0.3, -0.25) is 14.2 Å². The molecule has 0 amide bonds. The van der Waals surface area contributed by atoms with Crippen molar-refractivity contribution < 1.29 is 32.7 Å². The Kier molecular flexibility index (Phi) is 5.57. The van der Waals surface area contributed by atoms with Crippen LogP contribution in [0.4, 0.5) is 0 Å². The van der Waals surface area contributed by atoms with Gasteiger partial charge in [0.25, 0.3) is 0 Å². The smallest absolute Gasteiger partial charge is 0.320 e.